The van der Waals surface area contributed by atoms with E-state index in [9.17, 15) is 9.59 Å². The van der Waals surface area contributed by atoms with E-state index >= 15 is 0 Å². The molecule has 14 heavy (non-hydrogen) atoms. The van der Waals surface area contributed by atoms with E-state index in [0.29, 0.717) is 0 Å². The number of carbonyl (C=O) groups is 2. The van der Waals surface area contributed by atoms with Crippen molar-refractivity contribution in [1.29, 1.82) is 0 Å². The van der Waals surface area contributed by atoms with Crippen molar-refractivity contribution in [2.75, 3.05) is 0 Å². The third kappa shape index (κ3) is 4.25. The maximum atomic E-state index is 11.4. The highest BCUT2D eigenvalue weighted by Gasteiger charge is 2.33. The second-order valence-electron chi connectivity index (χ2n) is 3.69. The van der Waals surface area contributed by atoms with Crippen molar-refractivity contribution in [3.05, 3.63) is 6.92 Å². The van der Waals surface area contributed by atoms with E-state index in [1.54, 1.807) is 13.8 Å². The Bertz CT molecular complexity index is 218. The molecule has 0 aliphatic carbocycles. The van der Waals surface area contributed by atoms with E-state index in [-0.39, 0.29) is 12.5 Å². The predicted octanol–water partition coefficient (Wildman–Crippen LogP) is 1.48. The average molecular weight is 201 g/mol. The van der Waals surface area contributed by atoms with Crippen LogP contribution < -0.4 is 0 Å². The summed E-state index contributed by atoms with van der Waals surface area (Å²) in [6, 6.07) is 0. The molecule has 0 N–H and O–H groups in total. The highest BCUT2D eigenvalue weighted by atomic mass is 16.6. The molecule has 0 unspecified atom stereocenters. The molecule has 0 bridgehead atoms. The highest BCUT2D eigenvalue weighted by Crippen LogP contribution is 2.13. The Morgan fingerprint density at radius 2 is 1.86 bits per heavy atom. The molecule has 0 rings (SSSR count). The molecular weight excluding hydrogens is 184 g/mol. The third-order valence-corrected chi connectivity index (χ3v) is 1.41. The minimum absolute atomic E-state index is 0.00160. The van der Waals surface area contributed by atoms with Crippen molar-refractivity contribution in [3.8, 4) is 0 Å². The minimum Gasteiger partial charge on any atom is -0.460 e. The van der Waals surface area contributed by atoms with E-state index in [1.807, 2.05) is 0 Å². The summed E-state index contributed by atoms with van der Waals surface area (Å²) in [5, 5.41) is 0. The number of hydrogen-bond donors (Lipinski definition) is 0. The summed E-state index contributed by atoms with van der Waals surface area (Å²) in [5.74, 6) is -1.06. The van der Waals surface area contributed by atoms with Crippen LogP contribution in [0.2, 0.25) is 0 Å². The lowest BCUT2D eigenvalue weighted by Crippen LogP contribution is -2.39. The SMILES string of the molecule is [CH2]CC(=O)OC(C)(C)C(=O)OC(C)C. The first-order valence-electron chi connectivity index (χ1n) is 4.51. The Hall–Kier alpha value is -1.06. The Kier molecular flexibility index (Phi) is 4.60. The fraction of sp³-hybridized carbons (Fsp3) is 0.700. The molecule has 1 radical (unpaired) electrons. The summed E-state index contributed by atoms with van der Waals surface area (Å²) in [7, 11) is 0. The number of esters is 2. The molecule has 0 heterocycles. The maximum absolute atomic E-state index is 11.4. The monoisotopic (exact) mass is 201 g/mol. The molecule has 0 aliphatic rings. The van der Waals surface area contributed by atoms with Crippen LogP contribution in [0.1, 0.15) is 34.1 Å². The summed E-state index contributed by atoms with van der Waals surface area (Å²) in [6.45, 7) is 9.81. The van der Waals surface area contributed by atoms with Crippen molar-refractivity contribution in [2.24, 2.45) is 0 Å². The van der Waals surface area contributed by atoms with Crippen molar-refractivity contribution >= 4 is 11.9 Å². The van der Waals surface area contributed by atoms with Crippen LogP contribution in [0.5, 0.6) is 0 Å². The van der Waals surface area contributed by atoms with Gasteiger partial charge >= 0.3 is 11.9 Å². The van der Waals surface area contributed by atoms with Crippen LogP contribution in [-0.2, 0) is 19.1 Å². The molecular formula is C10H17O4. The molecule has 0 spiro atoms. The Labute approximate surface area is 84.6 Å². The average Bonchev–Trinajstić information content (AvgIpc) is 2.02. The van der Waals surface area contributed by atoms with E-state index in [2.05, 4.69) is 6.92 Å². The van der Waals surface area contributed by atoms with Crippen LogP contribution in [0, 0.1) is 6.92 Å². The van der Waals surface area contributed by atoms with Crippen molar-refractivity contribution in [1.82, 2.24) is 0 Å². The number of carbonyl (C=O) groups excluding carboxylic acids is 2. The second kappa shape index (κ2) is 4.98. The molecule has 0 fully saturated rings. The quantitative estimate of drug-likeness (QED) is 0.646. The Balaban J connectivity index is 4.30. The van der Waals surface area contributed by atoms with Gasteiger partial charge < -0.3 is 9.47 Å². The van der Waals surface area contributed by atoms with Crippen LogP contribution in [0.15, 0.2) is 0 Å². The van der Waals surface area contributed by atoms with Gasteiger partial charge in [-0.15, -0.1) is 0 Å². The summed E-state index contributed by atoms with van der Waals surface area (Å²) in [5.41, 5.74) is -1.24. The maximum Gasteiger partial charge on any atom is 0.350 e. The van der Waals surface area contributed by atoms with Crippen LogP contribution in [0.3, 0.4) is 0 Å². The molecule has 0 aromatic heterocycles. The topological polar surface area (TPSA) is 52.6 Å². The molecule has 0 saturated heterocycles. The van der Waals surface area contributed by atoms with Crippen molar-refractivity contribution < 1.29 is 19.1 Å². The van der Waals surface area contributed by atoms with Gasteiger partial charge in [0.15, 0.2) is 0 Å². The third-order valence-electron chi connectivity index (χ3n) is 1.41. The lowest BCUT2D eigenvalue weighted by Gasteiger charge is -2.23. The van der Waals surface area contributed by atoms with Crippen LogP contribution in [-0.4, -0.2) is 23.6 Å². The number of rotatable bonds is 4. The van der Waals surface area contributed by atoms with E-state index in [0.717, 1.165) is 0 Å². The van der Waals surface area contributed by atoms with Crippen molar-refractivity contribution in [3.63, 3.8) is 0 Å². The minimum atomic E-state index is -1.24. The van der Waals surface area contributed by atoms with Crippen LogP contribution in [0.25, 0.3) is 0 Å². The van der Waals surface area contributed by atoms with Gasteiger partial charge in [-0.2, -0.15) is 0 Å². The number of hydrogen-bond acceptors (Lipinski definition) is 4. The van der Waals surface area contributed by atoms with E-state index in [4.69, 9.17) is 9.47 Å². The van der Waals surface area contributed by atoms with E-state index in [1.165, 1.54) is 13.8 Å². The van der Waals surface area contributed by atoms with Gasteiger partial charge in [-0.25, -0.2) is 4.79 Å². The normalized spacial score (nSPS) is 11.3. The van der Waals surface area contributed by atoms with Gasteiger partial charge in [0.2, 0.25) is 5.60 Å². The molecule has 0 aromatic carbocycles. The lowest BCUT2D eigenvalue weighted by atomic mass is 10.1. The molecule has 0 amide bonds. The first-order valence-corrected chi connectivity index (χ1v) is 4.51. The fourth-order valence-electron chi connectivity index (χ4n) is 0.733. The molecule has 0 saturated carbocycles. The summed E-state index contributed by atoms with van der Waals surface area (Å²) in [6.07, 6.45) is -0.224. The fourth-order valence-corrected chi connectivity index (χ4v) is 0.733. The molecule has 81 valence electrons. The zero-order chi connectivity index (χ0) is 11.4. The largest absolute Gasteiger partial charge is 0.460 e. The Morgan fingerprint density at radius 1 is 1.36 bits per heavy atom. The zero-order valence-electron chi connectivity index (χ0n) is 9.12. The molecule has 4 nitrogen and oxygen atoms in total. The van der Waals surface area contributed by atoms with Gasteiger partial charge in [0.25, 0.3) is 0 Å². The van der Waals surface area contributed by atoms with Gasteiger partial charge in [-0.1, -0.05) is 0 Å². The lowest BCUT2D eigenvalue weighted by molar-refractivity contribution is -0.180. The summed E-state index contributed by atoms with van der Waals surface area (Å²) < 4.78 is 9.80. The van der Waals surface area contributed by atoms with Gasteiger partial charge in [0, 0.05) is 6.42 Å². The van der Waals surface area contributed by atoms with Gasteiger partial charge in [0.05, 0.1) is 6.10 Å². The predicted molar refractivity (Wildman–Crippen MR) is 51.4 cm³/mol. The molecule has 0 aliphatic heterocycles. The smallest absolute Gasteiger partial charge is 0.350 e. The van der Waals surface area contributed by atoms with Gasteiger partial charge in [0.1, 0.15) is 0 Å². The molecule has 4 heteroatoms. The first kappa shape index (κ1) is 12.9. The summed E-state index contributed by atoms with van der Waals surface area (Å²) >= 11 is 0. The van der Waals surface area contributed by atoms with Crippen molar-refractivity contribution in [2.45, 2.75) is 45.8 Å². The zero-order valence-corrected chi connectivity index (χ0v) is 9.12. The number of ether oxygens (including phenoxy) is 2. The van der Waals surface area contributed by atoms with E-state index < -0.39 is 17.5 Å². The van der Waals surface area contributed by atoms with Crippen LogP contribution in [0.4, 0.5) is 0 Å². The first-order chi connectivity index (χ1) is 6.29. The molecule has 0 aromatic rings. The summed E-state index contributed by atoms with van der Waals surface area (Å²) in [4.78, 5) is 22.3. The second-order valence-corrected chi connectivity index (χ2v) is 3.69. The standard InChI is InChI=1S/C10H17O4/c1-6-8(11)14-10(4,5)9(12)13-7(2)3/h7H,1,6H2,2-5H3. The molecule has 0 atom stereocenters. The Morgan fingerprint density at radius 3 is 2.21 bits per heavy atom. The van der Waals surface area contributed by atoms with Gasteiger partial charge in [-0.05, 0) is 34.6 Å². The highest BCUT2D eigenvalue weighted by molar-refractivity contribution is 5.82. The van der Waals surface area contributed by atoms with Crippen LogP contribution >= 0.6 is 0 Å². The van der Waals surface area contributed by atoms with Gasteiger partial charge in [-0.3, -0.25) is 4.79 Å².